The smallest absolute Gasteiger partial charge is 0.313 e. The predicted molar refractivity (Wildman–Crippen MR) is 81.0 cm³/mol. The number of rotatable bonds is 5. The summed E-state index contributed by atoms with van der Waals surface area (Å²) in [4.78, 5) is 25.9. The molecule has 1 aromatic heterocycles. The van der Waals surface area contributed by atoms with Crippen LogP contribution in [0.15, 0.2) is 35.6 Å². The van der Waals surface area contributed by atoms with Crippen LogP contribution >= 0.6 is 11.8 Å². The van der Waals surface area contributed by atoms with Gasteiger partial charge in [-0.1, -0.05) is 11.8 Å². The Morgan fingerprint density at radius 2 is 2.00 bits per heavy atom. The van der Waals surface area contributed by atoms with E-state index in [-0.39, 0.29) is 11.7 Å². The molecule has 2 rings (SSSR count). The third kappa shape index (κ3) is 3.85. The molecule has 6 nitrogen and oxygen atoms in total. The Labute approximate surface area is 126 Å². The number of carboxylic acids is 1. The number of amides is 1. The van der Waals surface area contributed by atoms with E-state index in [4.69, 9.17) is 5.11 Å². The van der Waals surface area contributed by atoms with Gasteiger partial charge in [0.2, 0.25) is 5.91 Å². The Balaban J connectivity index is 2.26. The number of aliphatic carboxylic acids is 1. The number of nitrogens with zero attached hydrogens (tertiary/aromatic N) is 2. The first kappa shape index (κ1) is 15.1. The quantitative estimate of drug-likeness (QED) is 0.828. The van der Waals surface area contributed by atoms with Gasteiger partial charge in [-0.3, -0.25) is 14.2 Å². The number of benzene rings is 1. The maximum absolute atomic E-state index is 11.0. The molecule has 0 aliphatic rings. The van der Waals surface area contributed by atoms with Crippen LogP contribution in [0.5, 0.6) is 0 Å². The average Bonchev–Trinajstić information content (AvgIpc) is 2.78. The zero-order chi connectivity index (χ0) is 15.4. The fourth-order valence-electron chi connectivity index (χ4n) is 1.85. The monoisotopic (exact) mass is 305 g/mol. The Morgan fingerprint density at radius 1 is 1.33 bits per heavy atom. The summed E-state index contributed by atoms with van der Waals surface area (Å²) in [6.07, 6.45) is 1.70. The first-order valence-electron chi connectivity index (χ1n) is 6.24. The van der Waals surface area contributed by atoms with Gasteiger partial charge in [0.05, 0.1) is 5.75 Å². The molecule has 21 heavy (non-hydrogen) atoms. The number of anilines is 1. The lowest BCUT2D eigenvalue weighted by molar-refractivity contribution is -0.133. The van der Waals surface area contributed by atoms with Crippen molar-refractivity contribution in [1.82, 2.24) is 9.55 Å². The molecule has 0 spiro atoms. The number of carbonyl (C=O) groups is 2. The summed E-state index contributed by atoms with van der Waals surface area (Å²) in [5.74, 6) is -1.05. The van der Waals surface area contributed by atoms with E-state index in [2.05, 4.69) is 10.3 Å². The minimum Gasteiger partial charge on any atom is -0.481 e. The first-order valence-corrected chi connectivity index (χ1v) is 7.23. The van der Waals surface area contributed by atoms with Crippen molar-refractivity contribution in [3.63, 3.8) is 0 Å². The molecule has 7 heteroatoms. The zero-order valence-electron chi connectivity index (χ0n) is 11.7. The number of hydrogen-bond acceptors (Lipinski definition) is 4. The summed E-state index contributed by atoms with van der Waals surface area (Å²) in [5, 5.41) is 12.1. The third-order valence-electron chi connectivity index (χ3n) is 2.68. The number of aryl methyl sites for hydroxylation is 1. The number of carboxylic acid groups (broad SMARTS) is 1. The van der Waals surface area contributed by atoms with Crippen molar-refractivity contribution in [1.29, 1.82) is 0 Å². The largest absolute Gasteiger partial charge is 0.481 e. The summed E-state index contributed by atoms with van der Waals surface area (Å²) in [7, 11) is 0. The molecule has 110 valence electrons. The molecule has 0 radical (unpaired) electrons. The van der Waals surface area contributed by atoms with Crippen LogP contribution in [0.25, 0.3) is 5.69 Å². The lowest BCUT2D eigenvalue weighted by Gasteiger charge is -2.10. The van der Waals surface area contributed by atoms with E-state index in [0.29, 0.717) is 10.8 Å². The standard InChI is InChI=1S/C14H15N3O3S/c1-9-7-15-14(21-8-13(19)20)17(9)12-5-3-11(4-6-12)16-10(2)18/h3-7H,8H2,1-2H3,(H,16,18)(H,19,20). The van der Waals surface area contributed by atoms with Crippen molar-refractivity contribution >= 4 is 29.3 Å². The number of hydrogen-bond donors (Lipinski definition) is 2. The Bertz CT molecular complexity index is 665. The van der Waals surface area contributed by atoms with Gasteiger partial charge < -0.3 is 10.4 Å². The summed E-state index contributed by atoms with van der Waals surface area (Å²) in [5.41, 5.74) is 2.49. The van der Waals surface area contributed by atoms with Gasteiger partial charge in [0.15, 0.2) is 5.16 Å². The highest BCUT2D eigenvalue weighted by Gasteiger charge is 2.11. The summed E-state index contributed by atoms with van der Waals surface area (Å²) >= 11 is 1.17. The molecule has 0 aliphatic heterocycles. The van der Waals surface area contributed by atoms with Gasteiger partial charge in [0.1, 0.15) is 0 Å². The highest BCUT2D eigenvalue weighted by Crippen LogP contribution is 2.24. The van der Waals surface area contributed by atoms with Crippen molar-refractivity contribution in [3.05, 3.63) is 36.2 Å². The van der Waals surface area contributed by atoms with E-state index in [1.807, 2.05) is 23.6 Å². The zero-order valence-corrected chi connectivity index (χ0v) is 12.5. The summed E-state index contributed by atoms with van der Waals surface area (Å²) < 4.78 is 1.88. The molecule has 2 N–H and O–H groups in total. The van der Waals surface area contributed by atoms with Crippen LogP contribution in [0.3, 0.4) is 0 Å². The van der Waals surface area contributed by atoms with E-state index in [1.165, 1.54) is 18.7 Å². The summed E-state index contributed by atoms with van der Waals surface area (Å²) in [6, 6.07) is 7.29. The van der Waals surface area contributed by atoms with Crippen molar-refractivity contribution < 1.29 is 14.7 Å². The van der Waals surface area contributed by atoms with Gasteiger partial charge in [-0.15, -0.1) is 0 Å². The van der Waals surface area contributed by atoms with Gasteiger partial charge in [-0.05, 0) is 31.2 Å². The second-order valence-corrected chi connectivity index (χ2v) is 5.37. The van der Waals surface area contributed by atoms with Crippen molar-refractivity contribution in [2.45, 2.75) is 19.0 Å². The molecule has 0 bridgehead atoms. The predicted octanol–water partition coefficient (Wildman–Crippen LogP) is 2.32. The van der Waals surface area contributed by atoms with Crippen LogP contribution in [0.1, 0.15) is 12.6 Å². The average molecular weight is 305 g/mol. The molecule has 1 heterocycles. The van der Waals surface area contributed by atoms with Gasteiger partial charge >= 0.3 is 5.97 Å². The molecular formula is C14H15N3O3S. The van der Waals surface area contributed by atoms with E-state index >= 15 is 0 Å². The molecule has 0 fully saturated rings. The molecular weight excluding hydrogens is 290 g/mol. The van der Waals surface area contributed by atoms with Gasteiger partial charge in [-0.25, -0.2) is 4.98 Å². The van der Waals surface area contributed by atoms with E-state index in [1.54, 1.807) is 18.3 Å². The number of imidazole rings is 1. The molecule has 0 atom stereocenters. The maximum atomic E-state index is 11.0. The molecule has 0 aliphatic carbocycles. The van der Waals surface area contributed by atoms with Gasteiger partial charge in [0.25, 0.3) is 0 Å². The Morgan fingerprint density at radius 3 is 2.57 bits per heavy atom. The van der Waals surface area contributed by atoms with E-state index < -0.39 is 5.97 Å². The number of aromatic nitrogens is 2. The van der Waals surface area contributed by atoms with Crippen molar-refractivity contribution in [2.75, 3.05) is 11.1 Å². The van der Waals surface area contributed by atoms with Crippen molar-refractivity contribution in [3.8, 4) is 5.69 Å². The molecule has 1 aromatic carbocycles. The Hall–Kier alpha value is -2.28. The highest BCUT2D eigenvalue weighted by molar-refractivity contribution is 7.99. The van der Waals surface area contributed by atoms with E-state index in [9.17, 15) is 9.59 Å². The molecule has 1 amide bonds. The van der Waals surface area contributed by atoms with Crippen LogP contribution in [-0.2, 0) is 9.59 Å². The second kappa shape index (κ2) is 6.45. The second-order valence-electron chi connectivity index (χ2n) is 4.43. The fourth-order valence-corrected chi connectivity index (χ4v) is 2.61. The fraction of sp³-hybridized carbons (Fsp3) is 0.214. The molecule has 0 saturated heterocycles. The maximum Gasteiger partial charge on any atom is 0.313 e. The molecule has 0 unspecified atom stereocenters. The lowest BCUT2D eigenvalue weighted by atomic mass is 10.2. The van der Waals surface area contributed by atoms with Crippen molar-refractivity contribution in [2.24, 2.45) is 0 Å². The molecule has 2 aromatic rings. The van der Waals surface area contributed by atoms with Gasteiger partial charge in [0, 0.05) is 30.2 Å². The lowest BCUT2D eigenvalue weighted by Crippen LogP contribution is -2.06. The molecule has 0 saturated carbocycles. The van der Waals surface area contributed by atoms with Crippen LogP contribution in [0.4, 0.5) is 5.69 Å². The first-order chi connectivity index (χ1) is 9.97. The SMILES string of the molecule is CC(=O)Nc1ccc(-n2c(C)cnc2SCC(=O)O)cc1. The minimum atomic E-state index is -0.881. The Kier molecular flexibility index (Phi) is 4.64. The van der Waals surface area contributed by atoms with Crippen LogP contribution in [0.2, 0.25) is 0 Å². The van der Waals surface area contributed by atoms with Gasteiger partial charge in [-0.2, -0.15) is 0 Å². The number of thioether (sulfide) groups is 1. The van der Waals surface area contributed by atoms with Crippen LogP contribution in [0, 0.1) is 6.92 Å². The highest BCUT2D eigenvalue weighted by atomic mass is 32.2. The number of nitrogens with one attached hydrogen (secondary N) is 1. The normalized spacial score (nSPS) is 10.4. The number of carbonyl (C=O) groups excluding carboxylic acids is 1. The topological polar surface area (TPSA) is 84.2 Å². The summed E-state index contributed by atoms with van der Waals surface area (Å²) in [6.45, 7) is 3.36. The third-order valence-corrected chi connectivity index (χ3v) is 3.61. The minimum absolute atomic E-state index is 0.0412. The van der Waals surface area contributed by atoms with Crippen LogP contribution in [-0.4, -0.2) is 32.3 Å². The van der Waals surface area contributed by atoms with Crippen LogP contribution < -0.4 is 5.32 Å². The van der Waals surface area contributed by atoms with E-state index in [0.717, 1.165) is 11.4 Å².